The van der Waals surface area contributed by atoms with Crippen LogP contribution in [0.15, 0.2) is 36.4 Å². The summed E-state index contributed by atoms with van der Waals surface area (Å²) in [6, 6.07) is 5.98. The molecule has 32 heavy (non-hydrogen) atoms. The van der Waals surface area contributed by atoms with Crippen LogP contribution in [0.1, 0.15) is 43.6 Å². The van der Waals surface area contributed by atoms with Crippen LogP contribution in [0.4, 0.5) is 13.2 Å². The van der Waals surface area contributed by atoms with E-state index < -0.39 is 59.3 Å². The lowest BCUT2D eigenvalue weighted by molar-refractivity contribution is -0.139. The van der Waals surface area contributed by atoms with Gasteiger partial charge in [-0.1, -0.05) is 24.3 Å². The zero-order valence-corrected chi connectivity index (χ0v) is 18.0. The Labute approximate surface area is 183 Å². The van der Waals surface area contributed by atoms with Crippen molar-refractivity contribution in [2.75, 3.05) is 0 Å². The Hall–Kier alpha value is -2.85. The molecule has 0 aliphatic carbocycles. The van der Waals surface area contributed by atoms with Gasteiger partial charge < -0.3 is 19.7 Å². The second-order valence-electron chi connectivity index (χ2n) is 8.64. The van der Waals surface area contributed by atoms with Crippen molar-refractivity contribution < 1.29 is 37.2 Å². The molecule has 6 nitrogen and oxygen atoms in total. The van der Waals surface area contributed by atoms with E-state index in [9.17, 15) is 27.9 Å². The highest BCUT2D eigenvalue weighted by molar-refractivity contribution is 6.62. The molecule has 0 unspecified atom stereocenters. The van der Waals surface area contributed by atoms with Gasteiger partial charge in [-0.05, 0) is 38.7 Å². The van der Waals surface area contributed by atoms with Gasteiger partial charge in [0.25, 0.3) is 5.91 Å². The van der Waals surface area contributed by atoms with E-state index >= 15 is 0 Å². The van der Waals surface area contributed by atoms with Crippen LogP contribution in [0, 0.1) is 17.5 Å². The minimum atomic E-state index is -1.46. The molecule has 2 aromatic carbocycles. The number of hydrogen-bond acceptors (Lipinski definition) is 4. The molecule has 1 fully saturated rings. The Morgan fingerprint density at radius 1 is 1.00 bits per heavy atom. The lowest BCUT2D eigenvalue weighted by Crippen LogP contribution is -2.43. The van der Waals surface area contributed by atoms with Crippen LogP contribution in [0.2, 0.25) is 0 Å². The first-order chi connectivity index (χ1) is 14.8. The molecule has 1 aliphatic rings. The summed E-state index contributed by atoms with van der Waals surface area (Å²) in [6.45, 7) is 7.70. The van der Waals surface area contributed by atoms with E-state index in [1.165, 1.54) is 0 Å². The third kappa shape index (κ3) is 4.81. The normalized spacial score (nSPS) is 17.8. The van der Waals surface area contributed by atoms with Gasteiger partial charge in [-0.2, -0.15) is 0 Å². The van der Waals surface area contributed by atoms with Crippen molar-refractivity contribution in [2.45, 2.75) is 51.4 Å². The fourth-order valence-electron chi connectivity index (χ4n) is 3.22. The Kier molecular flexibility index (Phi) is 6.39. The molecule has 2 N–H and O–H groups in total. The largest absolute Gasteiger partial charge is 0.494 e. The first-order valence-electron chi connectivity index (χ1n) is 9.93. The average Bonchev–Trinajstić information content (AvgIpc) is 2.88. The third-order valence-electron chi connectivity index (χ3n) is 5.78. The van der Waals surface area contributed by atoms with Crippen molar-refractivity contribution in [3.05, 3.63) is 65.0 Å². The van der Waals surface area contributed by atoms with Crippen LogP contribution < -0.4 is 10.8 Å². The second-order valence-corrected chi connectivity index (χ2v) is 8.64. The second kappa shape index (κ2) is 8.59. The maximum absolute atomic E-state index is 13.8. The van der Waals surface area contributed by atoms with Crippen LogP contribution in [0.25, 0.3) is 0 Å². The van der Waals surface area contributed by atoms with Gasteiger partial charge in [-0.25, -0.2) is 18.0 Å². The van der Waals surface area contributed by atoms with Gasteiger partial charge in [-0.15, -0.1) is 0 Å². The molecule has 1 aliphatic heterocycles. The molecule has 0 spiro atoms. The Bertz CT molecular complexity index is 1000. The van der Waals surface area contributed by atoms with Crippen LogP contribution in [0.5, 0.6) is 0 Å². The number of aliphatic carboxylic acids is 1. The van der Waals surface area contributed by atoms with E-state index in [1.807, 2.05) is 27.7 Å². The number of amides is 1. The molecular weight excluding hydrogens is 426 g/mol. The SMILES string of the molecule is CC1(C)OB(c2ccc(C[C@@H](NC(=O)c3c(F)cc(F)cc3F)C(=O)O)cc2)OC1(C)C. The summed E-state index contributed by atoms with van der Waals surface area (Å²) in [4.78, 5) is 23.9. The third-order valence-corrected chi connectivity index (χ3v) is 5.78. The maximum atomic E-state index is 13.8. The first kappa shape index (κ1) is 23.8. The quantitative estimate of drug-likeness (QED) is 0.663. The highest BCUT2D eigenvalue weighted by Gasteiger charge is 2.51. The van der Waals surface area contributed by atoms with E-state index in [2.05, 4.69) is 5.32 Å². The molecule has 0 saturated carbocycles. The molecule has 2 aromatic rings. The van der Waals surface area contributed by atoms with Crippen LogP contribution in [-0.4, -0.2) is 41.3 Å². The van der Waals surface area contributed by atoms with Gasteiger partial charge in [0.15, 0.2) is 0 Å². The van der Waals surface area contributed by atoms with E-state index in [1.54, 1.807) is 24.3 Å². The Morgan fingerprint density at radius 2 is 1.50 bits per heavy atom. The van der Waals surface area contributed by atoms with Crippen LogP contribution in [0.3, 0.4) is 0 Å². The number of benzene rings is 2. The molecule has 1 amide bonds. The number of carboxylic acids is 1. The molecule has 3 rings (SSSR count). The maximum Gasteiger partial charge on any atom is 0.494 e. The number of carbonyl (C=O) groups is 2. The van der Waals surface area contributed by atoms with Crippen molar-refractivity contribution in [2.24, 2.45) is 0 Å². The topological polar surface area (TPSA) is 84.9 Å². The van der Waals surface area contributed by atoms with Crippen LogP contribution >= 0.6 is 0 Å². The number of carbonyl (C=O) groups excluding carboxylic acids is 1. The summed E-state index contributed by atoms with van der Waals surface area (Å²) in [7, 11) is -0.589. The van der Waals surface area contributed by atoms with Gasteiger partial charge in [0.1, 0.15) is 29.1 Å². The molecule has 1 heterocycles. The van der Waals surface area contributed by atoms with Gasteiger partial charge in [-0.3, -0.25) is 4.79 Å². The monoisotopic (exact) mass is 449 g/mol. The van der Waals surface area contributed by atoms with Crippen LogP contribution in [-0.2, 0) is 20.5 Å². The minimum absolute atomic E-state index is 0.144. The van der Waals surface area contributed by atoms with Gasteiger partial charge in [0.2, 0.25) is 0 Å². The summed E-state index contributed by atoms with van der Waals surface area (Å²) in [5.74, 6) is -6.71. The van der Waals surface area contributed by atoms with Gasteiger partial charge >= 0.3 is 13.1 Å². The lowest BCUT2D eigenvalue weighted by Gasteiger charge is -2.32. The molecule has 0 bridgehead atoms. The van der Waals surface area contributed by atoms with E-state index in [0.717, 1.165) is 5.46 Å². The fraction of sp³-hybridized carbons (Fsp3) is 0.364. The molecule has 0 radical (unpaired) electrons. The number of carboxylic acid groups (broad SMARTS) is 1. The Balaban J connectivity index is 1.72. The number of nitrogens with one attached hydrogen (secondary N) is 1. The molecular formula is C22H23BF3NO5. The van der Waals surface area contributed by atoms with Crippen molar-refractivity contribution in [1.82, 2.24) is 5.32 Å². The van der Waals surface area contributed by atoms with Gasteiger partial charge in [0.05, 0.1) is 11.2 Å². The summed E-state index contributed by atoms with van der Waals surface area (Å²) in [5, 5.41) is 11.5. The minimum Gasteiger partial charge on any atom is -0.480 e. The molecule has 1 saturated heterocycles. The first-order valence-corrected chi connectivity index (χ1v) is 9.93. The highest BCUT2D eigenvalue weighted by atomic mass is 19.1. The van der Waals surface area contributed by atoms with E-state index in [0.29, 0.717) is 17.7 Å². The van der Waals surface area contributed by atoms with Crippen molar-refractivity contribution in [3.63, 3.8) is 0 Å². The average molecular weight is 449 g/mol. The van der Waals surface area contributed by atoms with Gasteiger partial charge in [0, 0.05) is 18.6 Å². The van der Waals surface area contributed by atoms with Crippen molar-refractivity contribution in [3.8, 4) is 0 Å². The number of hydrogen-bond donors (Lipinski definition) is 2. The van der Waals surface area contributed by atoms with Crippen molar-refractivity contribution in [1.29, 1.82) is 0 Å². The summed E-state index contributed by atoms with van der Waals surface area (Å²) < 4.78 is 52.7. The smallest absolute Gasteiger partial charge is 0.480 e. The summed E-state index contributed by atoms with van der Waals surface area (Å²) in [6.07, 6.45) is -0.144. The molecule has 10 heteroatoms. The predicted octanol–water partition coefficient (Wildman–Crippen LogP) is 2.83. The lowest BCUT2D eigenvalue weighted by atomic mass is 9.78. The summed E-state index contributed by atoms with van der Waals surface area (Å²) >= 11 is 0. The number of halogens is 3. The number of rotatable bonds is 6. The Morgan fingerprint density at radius 3 is 1.97 bits per heavy atom. The summed E-state index contributed by atoms with van der Waals surface area (Å²) in [5.41, 5.74) is -0.787. The predicted molar refractivity (Wildman–Crippen MR) is 111 cm³/mol. The standard InChI is InChI=1S/C22H23BF3NO5/c1-21(2)22(3,4)32-23(31-21)13-7-5-12(6-8-13)9-17(20(29)30)27-19(28)18-15(25)10-14(24)11-16(18)26/h5-8,10-11,17H,9H2,1-4H3,(H,27,28)(H,29,30)/t17-/m1/s1. The van der Waals surface area contributed by atoms with E-state index in [4.69, 9.17) is 9.31 Å². The zero-order valence-electron chi connectivity index (χ0n) is 18.0. The zero-order chi connectivity index (χ0) is 23.8. The van der Waals surface area contributed by atoms with Crippen molar-refractivity contribution >= 4 is 24.5 Å². The fourth-order valence-corrected chi connectivity index (χ4v) is 3.22. The molecule has 170 valence electrons. The molecule has 1 atom stereocenters. The van der Waals surface area contributed by atoms with E-state index in [-0.39, 0.29) is 6.42 Å². The highest BCUT2D eigenvalue weighted by Crippen LogP contribution is 2.36. The molecule has 0 aromatic heterocycles.